The molecule has 3 aromatic rings. The van der Waals surface area contributed by atoms with Crippen molar-refractivity contribution in [2.24, 2.45) is 0 Å². The first kappa shape index (κ1) is 18.5. The molecular formula is C22H24N2OS. The first-order chi connectivity index (χ1) is 12.4. The van der Waals surface area contributed by atoms with Crippen molar-refractivity contribution >= 4 is 22.7 Å². The summed E-state index contributed by atoms with van der Waals surface area (Å²) in [7, 11) is 0. The summed E-state index contributed by atoms with van der Waals surface area (Å²) >= 11 is 1.59. The second-order valence-electron chi connectivity index (χ2n) is 7.35. The average molecular weight is 365 g/mol. The Morgan fingerprint density at radius 3 is 2.46 bits per heavy atom. The van der Waals surface area contributed by atoms with Gasteiger partial charge in [0.2, 0.25) is 0 Å². The summed E-state index contributed by atoms with van der Waals surface area (Å²) in [6.45, 7) is 10.9. The lowest BCUT2D eigenvalue weighted by molar-refractivity contribution is 0.590. The first-order valence-electron chi connectivity index (χ1n) is 8.73. The van der Waals surface area contributed by atoms with Crippen LogP contribution in [0, 0.1) is 0 Å². The van der Waals surface area contributed by atoms with E-state index in [9.17, 15) is 4.79 Å². The minimum atomic E-state index is -0.0129. The van der Waals surface area contributed by atoms with E-state index < -0.39 is 0 Å². The fourth-order valence-corrected chi connectivity index (χ4v) is 3.76. The Balaban J connectivity index is 1.89. The van der Waals surface area contributed by atoms with E-state index in [0.29, 0.717) is 11.9 Å². The van der Waals surface area contributed by atoms with Crippen LogP contribution in [0.4, 0.5) is 0 Å². The Bertz CT molecular complexity index is 982. The number of thioether (sulfide) groups is 1. The highest BCUT2D eigenvalue weighted by Crippen LogP contribution is 2.25. The average Bonchev–Trinajstić information content (AvgIpc) is 2.62. The van der Waals surface area contributed by atoms with Crippen LogP contribution in [0.1, 0.15) is 31.9 Å². The first-order valence-corrected chi connectivity index (χ1v) is 9.71. The summed E-state index contributed by atoms with van der Waals surface area (Å²) in [5.74, 6) is 0.770. The second kappa shape index (κ2) is 7.50. The Morgan fingerprint density at radius 1 is 1.12 bits per heavy atom. The summed E-state index contributed by atoms with van der Waals surface area (Å²) in [6.07, 6.45) is 1.74. The van der Waals surface area contributed by atoms with Gasteiger partial charge >= 0.3 is 0 Å². The predicted molar refractivity (Wildman–Crippen MR) is 111 cm³/mol. The summed E-state index contributed by atoms with van der Waals surface area (Å²) in [4.78, 5) is 17.5. The third-order valence-electron chi connectivity index (χ3n) is 4.33. The van der Waals surface area contributed by atoms with Crippen molar-refractivity contribution in [3.63, 3.8) is 0 Å². The molecule has 0 saturated heterocycles. The van der Waals surface area contributed by atoms with Crippen LogP contribution in [0.3, 0.4) is 0 Å². The van der Waals surface area contributed by atoms with Crippen molar-refractivity contribution < 1.29 is 0 Å². The third-order valence-corrected chi connectivity index (χ3v) is 5.37. The van der Waals surface area contributed by atoms with Gasteiger partial charge in [-0.25, -0.2) is 4.98 Å². The van der Waals surface area contributed by atoms with E-state index in [1.807, 2.05) is 24.3 Å². The normalized spacial score (nSPS) is 11.7. The van der Waals surface area contributed by atoms with Crippen LogP contribution in [0.5, 0.6) is 0 Å². The topological polar surface area (TPSA) is 34.9 Å². The van der Waals surface area contributed by atoms with Crippen molar-refractivity contribution in [3.8, 4) is 0 Å². The number of hydrogen-bond donors (Lipinski definition) is 0. The molecule has 0 unspecified atom stereocenters. The van der Waals surface area contributed by atoms with E-state index in [4.69, 9.17) is 4.98 Å². The quantitative estimate of drug-likeness (QED) is 0.356. The molecule has 1 aromatic heterocycles. The molecule has 4 heteroatoms. The number of para-hydroxylation sites is 1. The molecule has 0 bridgehead atoms. The lowest BCUT2D eigenvalue weighted by atomic mass is 9.87. The van der Waals surface area contributed by atoms with Gasteiger partial charge in [0, 0.05) is 12.3 Å². The molecule has 2 aromatic carbocycles. The van der Waals surface area contributed by atoms with Gasteiger partial charge in [-0.3, -0.25) is 9.36 Å². The van der Waals surface area contributed by atoms with Crippen molar-refractivity contribution in [1.82, 2.24) is 9.55 Å². The van der Waals surface area contributed by atoms with Gasteiger partial charge in [0.05, 0.1) is 10.9 Å². The number of rotatable bonds is 5. The number of nitrogens with zero attached hydrogens (tertiary/aromatic N) is 2. The summed E-state index contributed by atoms with van der Waals surface area (Å²) < 4.78 is 1.70. The van der Waals surface area contributed by atoms with Gasteiger partial charge in [0.15, 0.2) is 5.16 Å². The second-order valence-corrected chi connectivity index (χ2v) is 8.29. The molecule has 26 heavy (non-hydrogen) atoms. The summed E-state index contributed by atoms with van der Waals surface area (Å²) in [5.41, 5.74) is 3.41. The molecule has 0 amide bonds. The fraction of sp³-hybridized carbons (Fsp3) is 0.273. The van der Waals surface area contributed by atoms with Crippen molar-refractivity contribution in [3.05, 3.63) is 82.7 Å². The summed E-state index contributed by atoms with van der Waals surface area (Å²) in [6, 6.07) is 16.2. The summed E-state index contributed by atoms with van der Waals surface area (Å²) in [5, 5.41) is 1.38. The van der Waals surface area contributed by atoms with Gasteiger partial charge in [0.1, 0.15) is 0 Å². The van der Waals surface area contributed by atoms with Gasteiger partial charge in [-0.1, -0.05) is 75.0 Å². The number of aromatic nitrogens is 2. The largest absolute Gasteiger partial charge is 0.283 e. The van der Waals surface area contributed by atoms with E-state index in [2.05, 4.69) is 51.6 Å². The molecule has 3 nitrogen and oxygen atoms in total. The number of benzene rings is 2. The molecule has 134 valence electrons. The van der Waals surface area contributed by atoms with Crippen LogP contribution in [-0.4, -0.2) is 9.55 Å². The van der Waals surface area contributed by atoms with E-state index in [1.165, 1.54) is 11.1 Å². The molecule has 0 aliphatic rings. The molecular weight excluding hydrogens is 340 g/mol. The Kier molecular flexibility index (Phi) is 5.33. The smallest absolute Gasteiger partial charge is 0.262 e. The molecule has 0 atom stereocenters. The zero-order valence-electron chi connectivity index (χ0n) is 15.5. The molecule has 0 radical (unpaired) electrons. The minimum Gasteiger partial charge on any atom is -0.283 e. The molecule has 1 heterocycles. The van der Waals surface area contributed by atoms with Crippen molar-refractivity contribution in [1.29, 1.82) is 0 Å². The van der Waals surface area contributed by atoms with Crippen LogP contribution >= 0.6 is 11.8 Å². The molecule has 3 rings (SSSR count). The van der Waals surface area contributed by atoms with Gasteiger partial charge in [-0.05, 0) is 28.7 Å². The molecule has 0 N–H and O–H groups in total. The van der Waals surface area contributed by atoms with Gasteiger partial charge < -0.3 is 0 Å². The zero-order valence-corrected chi connectivity index (χ0v) is 16.3. The number of allylic oxidation sites excluding steroid dienone is 1. The highest BCUT2D eigenvalue weighted by molar-refractivity contribution is 7.98. The standard InChI is InChI=1S/C22H24N2OS/c1-5-14-24-20(25)18-8-6-7-9-19(18)23-21(24)26-15-16-10-12-17(13-11-16)22(2,3)4/h5-13H,1,14-15H2,2-4H3. The van der Waals surface area contributed by atoms with E-state index in [0.717, 1.165) is 16.4 Å². The Labute approximate surface area is 158 Å². The molecule has 0 fully saturated rings. The van der Waals surface area contributed by atoms with Gasteiger partial charge in [-0.15, -0.1) is 6.58 Å². The monoisotopic (exact) mass is 364 g/mol. The predicted octanol–water partition coefficient (Wildman–Crippen LogP) is 5.17. The van der Waals surface area contributed by atoms with E-state index in [-0.39, 0.29) is 11.0 Å². The van der Waals surface area contributed by atoms with E-state index >= 15 is 0 Å². The SMILES string of the molecule is C=CCn1c(SCc2ccc(C(C)(C)C)cc2)nc2ccccc2c1=O. The highest BCUT2D eigenvalue weighted by atomic mass is 32.2. The van der Waals surface area contributed by atoms with Crippen LogP contribution in [-0.2, 0) is 17.7 Å². The van der Waals surface area contributed by atoms with Gasteiger partial charge in [-0.2, -0.15) is 0 Å². The Morgan fingerprint density at radius 2 is 1.81 bits per heavy atom. The minimum absolute atomic E-state index is 0.0129. The lowest BCUT2D eigenvalue weighted by Crippen LogP contribution is -2.22. The third kappa shape index (κ3) is 3.91. The van der Waals surface area contributed by atoms with E-state index in [1.54, 1.807) is 22.4 Å². The van der Waals surface area contributed by atoms with Gasteiger partial charge in [0.25, 0.3) is 5.56 Å². The van der Waals surface area contributed by atoms with Crippen LogP contribution in [0.2, 0.25) is 0 Å². The lowest BCUT2D eigenvalue weighted by Gasteiger charge is -2.19. The number of hydrogen-bond acceptors (Lipinski definition) is 3. The highest BCUT2D eigenvalue weighted by Gasteiger charge is 2.14. The van der Waals surface area contributed by atoms with Crippen LogP contribution in [0.15, 0.2) is 71.1 Å². The van der Waals surface area contributed by atoms with Crippen LogP contribution < -0.4 is 5.56 Å². The van der Waals surface area contributed by atoms with Crippen LogP contribution in [0.25, 0.3) is 10.9 Å². The maximum atomic E-state index is 12.8. The fourth-order valence-electron chi connectivity index (χ4n) is 2.80. The molecule has 0 aliphatic heterocycles. The molecule has 0 aliphatic carbocycles. The maximum Gasteiger partial charge on any atom is 0.262 e. The Hall–Kier alpha value is -2.33. The zero-order chi connectivity index (χ0) is 18.7. The maximum absolute atomic E-state index is 12.8. The number of fused-ring (bicyclic) bond motifs is 1. The van der Waals surface area contributed by atoms with Crippen molar-refractivity contribution in [2.75, 3.05) is 0 Å². The molecule has 0 spiro atoms. The molecule has 0 saturated carbocycles. The van der Waals surface area contributed by atoms with Crippen molar-refractivity contribution in [2.45, 2.75) is 43.6 Å².